The molecule has 1 N–H and O–H groups in total. The molecule has 0 aliphatic heterocycles. The van der Waals surface area contributed by atoms with Crippen LogP contribution in [0.15, 0.2) is 65.2 Å². The molecule has 2 aromatic carbocycles. The highest BCUT2D eigenvalue weighted by Gasteiger charge is 2.25. The number of nitrogens with zero attached hydrogens (tertiary/aromatic N) is 2. The van der Waals surface area contributed by atoms with Gasteiger partial charge in [0.1, 0.15) is 18.9 Å². The molecule has 7 heteroatoms. The minimum Gasteiger partial charge on any atom is -0.480 e. The molecule has 7 nitrogen and oxygen atoms in total. The predicted octanol–water partition coefficient (Wildman–Crippen LogP) is 4.13. The van der Waals surface area contributed by atoms with Gasteiger partial charge >= 0.3 is 18.1 Å². The van der Waals surface area contributed by atoms with E-state index >= 15 is 0 Å². The molecule has 0 saturated heterocycles. The average Bonchev–Trinajstić information content (AvgIpc) is 3.20. The van der Waals surface area contributed by atoms with Gasteiger partial charge in [-0.3, -0.25) is 4.79 Å². The third-order valence-electron chi connectivity index (χ3n) is 4.09. The smallest absolute Gasteiger partial charge is 0.418 e. The number of carboxylic acid groups (broad SMARTS) is 1. The van der Waals surface area contributed by atoms with Gasteiger partial charge in [-0.2, -0.15) is 0 Å². The van der Waals surface area contributed by atoms with Gasteiger partial charge in [-0.05, 0) is 16.7 Å². The average molecular weight is 380 g/mol. The summed E-state index contributed by atoms with van der Waals surface area (Å²) in [5.74, 6) is -0.648. The van der Waals surface area contributed by atoms with Crippen molar-refractivity contribution in [3.05, 3.63) is 72.1 Å². The number of hydrogen-bond donors (Lipinski definition) is 1. The summed E-state index contributed by atoms with van der Waals surface area (Å²) in [6.45, 7) is 1.24. The highest BCUT2D eigenvalue weighted by atomic mass is 16.6. The van der Waals surface area contributed by atoms with Crippen molar-refractivity contribution in [3.63, 3.8) is 0 Å². The zero-order valence-electron chi connectivity index (χ0n) is 15.4. The van der Waals surface area contributed by atoms with Gasteiger partial charge in [-0.25, -0.2) is 14.7 Å². The van der Waals surface area contributed by atoms with E-state index in [9.17, 15) is 9.59 Å². The third kappa shape index (κ3) is 4.56. The SMILES string of the molecule is CCc1cnc(N(CC(=O)O)C(=O)OCc2ccccc2-c2ccccc2)o1. The van der Waals surface area contributed by atoms with Crippen LogP contribution in [-0.2, 0) is 22.6 Å². The molecule has 0 fully saturated rings. The van der Waals surface area contributed by atoms with Gasteiger partial charge in [0, 0.05) is 6.42 Å². The van der Waals surface area contributed by atoms with Gasteiger partial charge in [0.25, 0.3) is 0 Å². The Bertz CT molecular complexity index is 952. The summed E-state index contributed by atoms with van der Waals surface area (Å²) >= 11 is 0. The lowest BCUT2D eigenvalue weighted by molar-refractivity contribution is -0.135. The second-order valence-electron chi connectivity index (χ2n) is 6.02. The van der Waals surface area contributed by atoms with E-state index in [4.69, 9.17) is 14.3 Å². The Labute approximate surface area is 162 Å². The van der Waals surface area contributed by atoms with Crippen molar-refractivity contribution in [2.75, 3.05) is 11.4 Å². The summed E-state index contributed by atoms with van der Waals surface area (Å²) in [4.78, 5) is 28.5. The van der Waals surface area contributed by atoms with Crippen LogP contribution in [-0.4, -0.2) is 28.7 Å². The van der Waals surface area contributed by atoms with Gasteiger partial charge in [0.05, 0.1) is 6.20 Å². The minimum atomic E-state index is -1.20. The molecule has 0 aliphatic carbocycles. The molecule has 0 atom stereocenters. The number of oxazole rings is 1. The number of carboxylic acids is 1. The Morgan fingerprint density at radius 2 is 1.82 bits per heavy atom. The fourth-order valence-corrected chi connectivity index (χ4v) is 2.69. The van der Waals surface area contributed by atoms with Crippen molar-refractivity contribution >= 4 is 18.1 Å². The number of rotatable bonds is 7. The fraction of sp³-hybridized carbons (Fsp3) is 0.190. The van der Waals surface area contributed by atoms with Crippen LogP contribution in [0.25, 0.3) is 11.1 Å². The molecule has 0 saturated carbocycles. The number of aliphatic carboxylic acids is 1. The van der Waals surface area contributed by atoms with Crippen LogP contribution in [0.3, 0.4) is 0 Å². The largest absolute Gasteiger partial charge is 0.480 e. The quantitative estimate of drug-likeness (QED) is 0.662. The molecule has 0 radical (unpaired) electrons. The first-order chi connectivity index (χ1) is 13.6. The van der Waals surface area contributed by atoms with Crippen molar-refractivity contribution in [1.82, 2.24) is 4.98 Å². The molecule has 0 aliphatic rings. The summed E-state index contributed by atoms with van der Waals surface area (Å²) in [5.41, 5.74) is 2.74. The van der Waals surface area contributed by atoms with Crippen LogP contribution in [0.1, 0.15) is 18.2 Å². The van der Waals surface area contributed by atoms with Gasteiger partial charge in [0.2, 0.25) is 0 Å². The number of aromatic nitrogens is 1. The van der Waals surface area contributed by atoms with Crippen LogP contribution < -0.4 is 4.90 Å². The number of benzene rings is 2. The lowest BCUT2D eigenvalue weighted by Crippen LogP contribution is -2.36. The lowest BCUT2D eigenvalue weighted by atomic mass is 10.0. The maximum atomic E-state index is 12.5. The number of ether oxygens (including phenoxy) is 1. The van der Waals surface area contributed by atoms with Gasteiger partial charge < -0.3 is 14.3 Å². The summed E-state index contributed by atoms with van der Waals surface area (Å²) in [6, 6.07) is 17.2. The summed E-state index contributed by atoms with van der Waals surface area (Å²) in [5, 5.41) is 9.12. The van der Waals surface area contributed by atoms with Crippen molar-refractivity contribution in [2.45, 2.75) is 20.0 Å². The number of carbonyl (C=O) groups excluding carboxylic acids is 1. The summed E-state index contributed by atoms with van der Waals surface area (Å²) in [6.07, 6.45) is 1.20. The first-order valence-corrected chi connectivity index (χ1v) is 8.82. The first kappa shape index (κ1) is 19.2. The fourth-order valence-electron chi connectivity index (χ4n) is 2.69. The zero-order valence-corrected chi connectivity index (χ0v) is 15.4. The molecule has 0 spiro atoms. The zero-order chi connectivity index (χ0) is 19.9. The van der Waals surface area contributed by atoms with E-state index in [0.29, 0.717) is 12.2 Å². The monoisotopic (exact) mass is 380 g/mol. The van der Waals surface area contributed by atoms with Crippen LogP contribution in [0.4, 0.5) is 10.8 Å². The molecular weight excluding hydrogens is 360 g/mol. The van der Waals surface area contributed by atoms with Crippen molar-refractivity contribution < 1.29 is 23.8 Å². The highest BCUT2D eigenvalue weighted by Crippen LogP contribution is 2.24. The van der Waals surface area contributed by atoms with Gasteiger partial charge in [0.15, 0.2) is 0 Å². The number of hydrogen-bond acceptors (Lipinski definition) is 5. The minimum absolute atomic E-state index is 0.0125. The number of carbonyl (C=O) groups is 2. The van der Waals surface area contributed by atoms with E-state index in [0.717, 1.165) is 21.6 Å². The molecule has 1 amide bonds. The molecule has 1 aromatic heterocycles. The molecule has 0 unspecified atom stereocenters. The van der Waals surface area contributed by atoms with E-state index in [1.807, 2.05) is 61.5 Å². The van der Waals surface area contributed by atoms with Gasteiger partial charge in [-0.1, -0.05) is 61.5 Å². The van der Waals surface area contributed by atoms with Crippen molar-refractivity contribution in [3.8, 4) is 11.1 Å². The molecule has 28 heavy (non-hydrogen) atoms. The Morgan fingerprint density at radius 1 is 1.11 bits per heavy atom. The topological polar surface area (TPSA) is 92.9 Å². The molecule has 3 aromatic rings. The number of aryl methyl sites for hydroxylation is 1. The van der Waals surface area contributed by atoms with Gasteiger partial charge in [-0.15, -0.1) is 0 Å². The second-order valence-corrected chi connectivity index (χ2v) is 6.02. The van der Waals surface area contributed by atoms with E-state index in [1.165, 1.54) is 6.20 Å². The highest BCUT2D eigenvalue weighted by molar-refractivity contribution is 5.90. The maximum Gasteiger partial charge on any atom is 0.418 e. The van der Waals surface area contributed by atoms with Crippen LogP contribution >= 0.6 is 0 Å². The first-order valence-electron chi connectivity index (χ1n) is 8.82. The lowest BCUT2D eigenvalue weighted by Gasteiger charge is -2.17. The Hall–Kier alpha value is -3.61. The number of anilines is 1. The van der Waals surface area contributed by atoms with E-state index in [-0.39, 0.29) is 12.6 Å². The Balaban J connectivity index is 1.77. The third-order valence-corrected chi connectivity index (χ3v) is 4.09. The predicted molar refractivity (Wildman–Crippen MR) is 103 cm³/mol. The van der Waals surface area contributed by atoms with E-state index in [1.54, 1.807) is 0 Å². The maximum absolute atomic E-state index is 12.5. The Kier molecular flexibility index (Phi) is 6.06. The molecule has 3 rings (SSSR count). The molecular formula is C21H20N2O5. The van der Waals surface area contributed by atoms with Crippen LogP contribution in [0.2, 0.25) is 0 Å². The van der Waals surface area contributed by atoms with Crippen LogP contribution in [0.5, 0.6) is 0 Å². The summed E-state index contributed by atoms with van der Waals surface area (Å²) in [7, 11) is 0. The molecule has 144 valence electrons. The van der Waals surface area contributed by atoms with Crippen molar-refractivity contribution in [2.24, 2.45) is 0 Å². The second kappa shape index (κ2) is 8.85. The Morgan fingerprint density at radius 3 is 2.50 bits per heavy atom. The van der Waals surface area contributed by atoms with Crippen molar-refractivity contribution in [1.29, 1.82) is 0 Å². The van der Waals surface area contributed by atoms with E-state index in [2.05, 4.69) is 4.98 Å². The molecule has 1 heterocycles. The molecule has 0 bridgehead atoms. The summed E-state index contributed by atoms with van der Waals surface area (Å²) < 4.78 is 10.8. The standard InChI is InChI=1S/C21H20N2O5/c1-2-17-12-22-20(28-17)23(13-19(24)25)21(26)27-14-16-10-6-7-11-18(16)15-8-4-3-5-9-15/h3-12H,2,13-14H2,1H3,(H,24,25). The number of amides is 1. The van der Waals surface area contributed by atoms with E-state index < -0.39 is 18.6 Å². The normalized spacial score (nSPS) is 10.5. The van der Waals surface area contributed by atoms with Crippen LogP contribution in [0, 0.1) is 0 Å².